The lowest BCUT2D eigenvalue weighted by molar-refractivity contribution is -0.137. The third-order valence-corrected chi connectivity index (χ3v) is 5.11. The van der Waals surface area contributed by atoms with Gasteiger partial charge in [0.1, 0.15) is 0 Å². The average Bonchev–Trinajstić information content (AvgIpc) is 2.24. The molecule has 1 atom stereocenters. The first-order chi connectivity index (χ1) is 8.51. The molecule has 0 fully saturated rings. The van der Waals surface area contributed by atoms with Crippen LogP contribution < -0.4 is 0 Å². The van der Waals surface area contributed by atoms with E-state index >= 15 is 0 Å². The molecule has 0 bridgehead atoms. The number of hydrogen-bond donors (Lipinski definition) is 0. The maximum atomic E-state index is 12.6. The van der Waals surface area contributed by atoms with Gasteiger partial charge >= 0.3 is 6.18 Å². The van der Waals surface area contributed by atoms with E-state index in [1.165, 1.54) is 12.1 Å². The van der Waals surface area contributed by atoms with Gasteiger partial charge in [0.05, 0.1) is 5.56 Å². The van der Waals surface area contributed by atoms with Gasteiger partial charge in [0.2, 0.25) is 0 Å². The van der Waals surface area contributed by atoms with Gasteiger partial charge < -0.3 is 0 Å². The Hall–Kier alpha value is -0.510. The Morgan fingerprint density at radius 3 is 2.16 bits per heavy atom. The van der Waals surface area contributed by atoms with Crippen LogP contribution in [0.1, 0.15) is 43.9 Å². The summed E-state index contributed by atoms with van der Waals surface area (Å²) >= 11 is 3.65. The third-order valence-electron chi connectivity index (χ3n) is 3.28. The minimum Gasteiger partial charge on any atom is -0.166 e. The van der Waals surface area contributed by atoms with E-state index in [4.69, 9.17) is 0 Å². The lowest BCUT2D eigenvalue weighted by Gasteiger charge is -2.25. The molecular weight excluding hydrogens is 317 g/mol. The van der Waals surface area contributed by atoms with E-state index in [-0.39, 0.29) is 5.41 Å². The van der Waals surface area contributed by atoms with Crippen LogP contribution in [0.5, 0.6) is 0 Å². The van der Waals surface area contributed by atoms with E-state index in [0.717, 1.165) is 18.4 Å². The highest BCUT2D eigenvalue weighted by Gasteiger charge is 2.30. The van der Waals surface area contributed by atoms with Gasteiger partial charge in [0, 0.05) is 4.83 Å². The van der Waals surface area contributed by atoms with E-state index in [1.807, 2.05) is 0 Å². The van der Waals surface area contributed by atoms with Crippen molar-refractivity contribution >= 4 is 15.9 Å². The summed E-state index contributed by atoms with van der Waals surface area (Å²) in [5.74, 6) is 0. The number of hydrogen-bond acceptors (Lipinski definition) is 0. The Morgan fingerprint density at radius 1 is 1.16 bits per heavy atom. The average molecular weight is 337 g/mol. The second-order valence-electron chi connectivity index (χ2n) is 6.01. The molecule has 1 aromatic rings. The van der Waals surface area contributed by atoms with Crippen LogP contribution in [-0.2, 0) is 12.6 Å². The number of alkyl halides is 4. The van der Waals surface area contributed by atoms with Crippen LogP contribution in [0.2, 0.25) is 0 Å². The first-order valence-electron chi connectivity index (χ1n) is 6.32. The fourth-order valence-electron chi connectivity index (χ4n) is 1.87. The van der Waals surface area contributed by atoms with Gasteiger partial charge in [-0.2, -0.15) is 13.2 Å². The SMILES string of the molecule is Cc1cc(C(F)(F)F)ccc1CCC(Br)C(C)(C)C. The zero-order valence-corrected chi connectivity index (χ0v) is 13.3. The molecule has 0 amide bonds. The summed E-state index contributed by atoms with van der Waals surface area (Å²) in [7, 11) is 0. The van der Waals surface area contributed by atoms with Gasteiger partial charge in [-0.1, -0.05) is 42.8 Å². The first kappa shape index (κ1) is 16.5. The number of halogens is 4. The summed E-state index contributed by atoms with van der Waals surface area (Å²) in [4.78, 5) is 0.349. The molecular formula is C15H20BrF3. The Balaban J connectivity index is 2.77. The normalized spacial score (nSPS) is 14.5. The molecule has 1 unspecified atom stereocenters. The van der Waals surface area contributed by atoms with Crippen LogP contribution in [0.3, 0.4) is 0 Å². The van der Waals surface area contributed by atoms with Crippen molar-refractivity contribution in [2.24, 2.45) is 5.41 Å². The number of rotatable bonds is 3. The fourth-order valence-corrected chi connectivity index (χ4v) is 2.10. The molecule has 4 heteroatoms. The summed E-state index contributed by atoms with van der Waals surface area (Å²) < 4.78 is 37.7. The minimum atomic E-state index is -4.26. The van der Waals surface area contributed by atoms with E-state index in [9.17, 15) is 13.2 Å². The Bertz CT molecular complexity index is 430. The van der Waals surface area contributed by atoms with Gasteiger partial charge in [0.25, 0.3) is 0 Å². The fraction of sp³-hybridized carbons (Fsp3) is 0.600. The molecule has 0 aliphatic heterocycles. The molecule has 1 rings (SSSR count). The molecule has 0 radical (unpaired) electrons. The summed E-state index contributed by atoms with van der Waals surface area (Å²) in [6.45, 7) is 8.18. The second-order valence-corrected chi connectivity index (χ2v) is 7.12. The molecule has 0 aliphatic carbocycles. The topological polar surface area (TPSA) is 0 Å². The summed E-state index contributed by atoms with van der Waals surface area (Å²) in [6, 6.07) is 4.00. The van der Waals surface area contributed by atoms with Crippen molar-refractivity contribution in [1.82, 2.24) is 0 Å². The standard InChI is InChI=1S/C15H20BrF3/c1-10-9-12(15(17,18)19)7-5-11(10)6-8-13(16)14(2,3)4/h5,7,9,13H,6,8H2,1-4H3. The number of benzene rings is 1. The zero-order valence-electron chi connectivity index (χ0n) is 11.7. The summed E-state index contributed by atoms with van der Waals surface area (Å²) in [6.07, 6.45) is -2.56. The molecule has 1 aromatic carbocycles. The zero-order chi connectivity index (χ0) is 14.8. The molecule has 0 saturated carbocycles. The molecule has 108 valence electrons. The smallest absolute Gasteiger partial charge is 0.166 e. The van der Waals surface area contributed by atoms with E-state index in [0.29, 0.717) is 10.4 Å². The first-order valence-corrected chi connectivity index (χ1v) is 7.24. The Kier molecular flexibility index (Phi) is 5.10. The minimum absolute atomic E-state index is 0.153. The van der Waals surface area contributed by atoms with Crippen molar-refractivity contribution in [1.29, 1.82) is 0 Å². The molecule has 0 spiro atoms. The molecule has 0 aliphatic rings. The van der Waals surface area contributed by atoms with Crippen LogP contribution in [-0.4, -0.2) is 4.83 Å². The lowest BCUT2D eigenvalue weighted by Crippen LogP contribution is -2.20. The quantitative estimate of drug-likeness (QED) is 0.616. The predicted molar refractivity (Wildman–Crippen MR) is 76.7 cm³/mol. The molecule has 0 heterocycles. The van der Waals surface area contributed by atoms with Crippen molar-refractivity contribution in [3.63, 3.8) is 0 Å². The highest BCUT2D eigenvalue weighted by Crippen LogP contribution is 2.32. The molecule has 0 saturated heterocycles. The number of aryl methyl sites for hydroxylation is 2. The van der Waals surface area contributed by atoms with Gasteiger partial charge in [-0.3, -0.25) is 0 Å². The Morgan fingerprint density at radius 2 is 1.74 bits per heavy atom. The predicted octanol–water partition coefficient (Wildman–Crippen LogP) is 5.76. The summed E-state index contributed by atoms with van der Waals surface area (Å²) in [5.41, 5.74) is 1.28. The second kappa shape index (κ2) is 5.86. The third kappa shape index (κ3) is 4.83. The molecule has 0 N–H and O–H groups in total. The van der Waals surface area contributed by atoms with E-state index in [2.05, 4.69) is 36.7 Å². The van der Waals surface area contributed by atoms with Crippen molar-refractivity contribution < 1.29 is 13.2 Å². The van der Waals surface area contributed by atoms with Crippen LogP contribution in [0.25, 0.3) is 0 Å². The van der Waals surface area contributed by atoms with Crippen molar-refractivity contribution in [3.05, 3.63) is 34.9 Å². The van der Waals surface area contributed by atoms with Gasteiger partial charge in [0.15, 0.2) is 0 Å². The van der Waals surface area contributed by atoms with Crippen molar-refractivity contribution in [3.8, 4) is 0 Å². The maximum absolute atomic E-state index is 12.6. The van der Waals surface area contributed by atoms with Crippen LogP contribution >= 0.6 is 15.9 Å². The van der Waals surface area contributed by atoms with Crippen molar-refractivity contribution in [2.75, 3.05) is 0 Å². The largest absolute Gasteiger partial charge is 0.416 e. The van der Waals surface area contributed by atoms with Crippen molar-refractivity contribution in [2.45, 2.75) is 51.5 Å². The van der Waals surface area contributed by atoms with Gasteiger partial charge in [-0.15, -0.1) is 0 Å². The van der Waals surface area contributed by atoms with Crippen LogP contribution in [0, 0.1) is 12.3 Å². The van der Waals surface area contributed by atoms with Gasteiger partial charge in [-0.25, -0.2) is 0 Å². The van der Waals surface area contributed by atoms with E-state index in [1.54, 1.807) is 13.0 Å². The van der Waals surface area contributed by atoms with E-state index < -0.39 is 11.7 Å². The highest BCUT2D eigenvalue weighted by atomic mass is 79.9. The summed E-state index contributed by atoms with van der Waals surface area (Å²) in [5, 5.41) is 0. The molecule has 19 heavy (non-hydrogen) atoms. The van der Waals surface area contributed by atoms with Crippen LogP contribution in [0.4, 0.5) is 13.2 Å². The molecule has 0 nitrogen and oxygen atoms in total. The monoisotopic (exact) mass is 336 g/mol. The van der Waals surface area contributed by atoms with Gasteiger partial charge in [-0.05, 0) is 48.4 Å². The Labute approximate surface area is 121 Å². The molecule has 0 aromatic heterocycles. The lowest BCUT2D eigenvalue weighted by atomic mass is 9.88. The highest BCUT2D eigenvalue weighted by molar-refractivity contribution is 9.09. The maximum Gasteiger partial charge on any atom is 0.416 e. The van der Waals surface area contributed by atoms with Crippen LogP contribution in [0.15, 0.2) is 18.2 Å².